The van der Waals surface area contributed by atoms with E-state index < -0.39 is 0 Å². The predicted molar refractivity (Wildman–Crippen MR) is 186 cm³/mol. The van der Waals surface area contributed by atoms with E-state index in [4.69, 9.17) is 4.74 Å². The first kappa shape index (κ1) is 24.4. The number of rotatable bonds is 3. The first-order valence-corrected chi connectivity index (χ1v) is 15.4. The van der Waals surface area contributed by atoms with Gasteiger partial charge in [0.15, 0.2) is 11.5 Å². The van der Waals surface area contributed by atoms with Crippen LogP contribution in [-0.2, 0) is 0 Å². The topological polar surface area (TPSA) is 19.1 Å². The molecule has 0 fully saturated rings. The van der Waals surface area contributed by atoms with Crippen LogP contribution in [-0.4, -0.2) is 9.13 Å². The summed E-state index contributed by atoms with van der Waals surface area (Å²) in [6, 6.07) is 56.5. The molecule has 3 nitrogen and oxygen atoms in total. The van der Waals surface area contributed by atoms with Gasteiger partial charge in [-0.3, -0.25) is 0 Å². The minimum atomic E-state index is 0.882. The van der Waals surface area contributed by atoms with Gasteiger partial charge in [0.2, 0.25) is 0 Å². The molecule has 1 aliphatic rings. The zero-order chi connectivity index (χ0) is 29.5. The van der Waals surface area contributed by atoms with Crippen LogP contribution in [0.5, 0.6) is 11.5 Å². The zero-order valence-corrected chi connectivity index (χ0v) is 24.3. The first-order chi connectivity index (χ1) is 22.3. The Morgan fingerprint density at radius 2 is 1.02 bits per heavy atom. The van der Waals surface area contributed by atoms with Gasteiger partial charge in [0.1, 0.15) is 0 Å². The molecule has 0 spiro atoms. The molecule has 0 saturated carbocycles. The highest BCUT2D eigenvalue weighted by Crippen LogP contribution is 2.47. The molecule has 0 bridgehead atoms. The van der Waals surface area contributed by atoms with Crippen molar-refractivity contribution in [3.05, 3.63) is 158 Å². The monoisotopic (exact) mass is 574 g/mol. The van der Waals surface area contributed by atoms with Crippen molar-refractivity contribution in [1.29, 1.82) is 0 Å². The van der Waals surface area contributed by atoms with E-state index in [0.717, 1.165) is 28.4 Å². The third kappa shape index (κ3) is 3.46. The quantitative estimate of drug-likeness (QED) is 0.205. The van der Waals surface area contributed by atoms with E-state index in [1.807, 2.05) is 12.1 Å². The summed E-state index contributed by atoms with van der Waals surface area (Å²) < 4.78 is 11.1. The molecule has 1 aliphatic heterocycles. The van der Waals surface area contributed by atoms with Gasteiger partial charge in [0.05, 0.1) is 27.8 Å². The Morgan fingerprint density at radius 1 is 0.400 bits per heavy atom. The van der Waals surface area contributed by atoms with Crippen molar-refractivity contribution in [3.63, 3.8) is 0 Å². The fraction of sp³-hybridized carbons (Fsp3) is 0. The minimum absolute atomic E-state index is 0.882. The van der Waals surface area contributed by atoms with E-state index in [1.165, 1.54) is 60.3 Å². The Balaban J connectivity index is 1.10. The smallest absolute Gasteiger partial charge is 0.152 e. The molecule has 3 heterocycles. The van der Waals surface area contributed by atoms with Crippen molar-refractivity contribution in [2.75, 3.05) is 0 Å². The maximum Gasteiger partial charge on any atom is 0.152 e. The second kappa shape index (κ2) is 9.22. The van der Waals surface area contributed by atoms with Crippen LogP contribution in [0.3, 0.4) is 0 Å². The van der Waals surface area contributed by atoms with Crippen LogP contribution >= 0.6 is 0 Å². The number of benzene rings is 7. The lowest BCUT2D eigenvalue weighted by Crippen LogP contribution is -2.03. The van der Waals surface area contributed by atoms with Gasteiger partial charge in [0.25, 0.3) is 0 Å². The summed E-state index contributed by atoms with van der Waals surface area (Å²) in [5.74, 6) is 1.78. The Morgan fingerprint density at radius 3 is 1.84 bits per heavy atom. The third-order valence-corrected chi connectivity index (χ3v) is 9.32. The lowest BCUT2D eigenvalue weighted by molar-refractivity contribution is 0.476. The van der Waals surface area contributed by atoms with E-state index in [9.17, 15) is 0 Å². The van der Waals surface area contributed by atoms with Gasteiger partial charge >= 0.3 is 0 Å². The molecule has 0 saturated heterocycles. The largest absolute Gasteiger partial charge is 0.453 e. The number of ether oxygens (including phenoxy) is 1. The molecule has 210 valence electrons. The molecule has 0 atom stereocenters. The van der Waals surface area contributed by atoms with E-state index in [-0.39, 0.29) is 0 Å². The normalized spacial score (nSPS) is 12.2. The molecule has 7 aromatic carbocycles. The van der Waals surface area contributed by atoms with Crippen LogP contribution in [0.4, 0.5) is 0 Å². The van der Waals surface area contributed by atoms with Crippen LogP contribution < -0.4 is 4.74 Å². The van der Waals surface area contributed by atoms with Gasteiger partial charge < -0.3 is 13.9 Å². The minimum Gasteiger partial charge on any atom is -0.453 e. The fourth-order valence-electron chi connectivity index (χ4n) is 7.37. The van der Waals surface area contributed by atoms with Crippen molar-refractivity contribution in [2.45, 2.75) is 0 Å². The molecule has 9 aromatic rings. The van der Waals surface area contributed by atoms with Crippen LogP contribution in [0, 0.1) is 0 Å². The molecular formula is C42H26N2O. The highest BCUT2D eigenvalue weighted by molar-refractivity contribution is 6.17. The number of nitrogens with zero attached hydrogens (tertiary/aromatic N) is 2. The molecule has 0 aliphatic carbocycles. The number of para-hydroxylation sites is 5. The zero-order valence-electron chi connectivity index (χ0n) is 24.3. The van der Waals surface area contributed by atoms with Gasteiger partial charge in [-0.2, -0.15) is 0 Å². The summed E-state index contributed by atoms with van der Waals surface area (Å²) >= 11 is 0. The Labute approximate surface area is 259 Å². The Hall–Kier alpha value is -6.06. The number of hydrogen-bond donors (Lipinski definition) is 0. The Bertz CT molecular complexity index is 2570. The van der Waals surface area contributed by atoms with Gasteiger partial charge in [0, 0.05) is 27.2 Å². The fourth-order valence-corrected chi connectivity index (χ4v) is 7.37. The molecule has 0 N–H and O–H groups in total. The van der Waals surface area contributed by atoms with Crippen LogP contribution in [0.1, 0.15) is 0 Å². The van der Waals surface area contributed by atoms with Crippen molar-refractivity contribution < 1.29 is 4.74 Å². The first-order valence-electron chi connectivity index (χ1n) is 15.4. The van der Waals surface area contributed by atoms with Gasteiger partial charge in [-0.1, -0.05) is 109 Å². The van der Waals surface area contributed by atoms with Crippen molar-refractivity contribution in [2.24, 2.45) is 0 Å². The lowest BCUT2D eigenvalue weighted by Gasteiger charge is -2.20. The molecule has 3 heteroatoms. The third-order valence-electron chi connectivity index (χ3n) is 9.32. The summed E-state index contributed by atoms with van der Waals surface area (Å²) in [5.41, 5.74) is 11.8. The summed E-state index contributed by atoms with van der Waals surface area (Å²) in [6.07, 6.45) is 0. The maximum absolute atomic E-state index is 6.35. The highest BCUT2D eigenvalue weighted by Gasteiger charge is 2.24. The standard InChI is InChI=1S/C42H26N2O/c1-3-16-35-32(12-1)33-13-2-4-17-36(33)43(35)30-11-7-10-29(26-30)27-22-24-28(25-23-27)31-14-8-19-38-41(31)34-15-9-21-40-42(34)44(38)37-18-5-6-20-39(37)45-40/h1-26H. The van der Waals surface area contributed by atoms with Gasteiger partial charge in [-0.15, -0.1) is 0 Å². The highest BCUT2D eigenvalue weighted by atomic mass is 16.5. The molecule has 0 radical (unpaired) electrons. The number of aromatic nitrogens is 2. The molecule has 10 rings (SSSR count). The second-order valence-corrected chi connectivity index (χ2v) is 11.8. The Kier molecular flexibility index (Phi) is 5.00. The number of fused-ring (bicyclic) bond motifs is 8. The van der Waals surface area contributed by atoms with Crippen LogP contribution in [0.2, 0.25) is 0 Å². The van der Waals surface area contributed by atoms with E-state index in [2.05, 4.69) is 155 Å². The average molecular weight is 575 g/mol. The van der Waals surface area contributed by atoms with Crippen molar-refractivity contribution in [1.82, 2.24) is 9.13 Å². The SMILES string of the molecule is c1cc(-c2ccc(-c3cccc4c3c3cccc5c3n4-c3ccccc3O5)cc2)cc(-n2c3ccccc3c3ccccc32)c1. The molecule has 0 unspecified atom stereocenters. The number of hydrogen-bond acceptors (Lipinski definition) is 1. The summed E-state index contributed by atoms with van der Waals surface area (Å²) in [4.78, 5) is 0. The summed E-state index contributed by atoms with van der Waals surface area (Å²) in [6.45, 7) is 0. The van der Waals surface area contributed by atoms with Crippen molar-refractivity contribution >= 4 is 43.6 Å². The summed E-state index contributed by atoms with van der Waals surface area (Å²) in [7, 11) is 0. The summed E-state index contributed by atoms with van der Waals surface area (Å²) in [5, 5.41) is 5.00. The molecular weight excluding hydrogens is 548 g/mol. The molecule has 0 amide bonds. The van der Waals surface area contributed by atoms with Gasteiger partial charge in [-0.25, -0.2) is 0 Å². The van der Waals surface area contributed by atoms with Crippen LogP contribution in [0.15, 0.2) is 158 Å². The van der Waals surface area contributed by atoms with E-state index in [1.54, 1.807) is 0 Å². The van der Waals surface area contributed by atoms with Crippen LogP contribution in [0.25, 0.3) is 77.2 Å². The lowest BCUT2D eigenvalue weighted by atomic mass is 9.96. The van der Waals surface area contributed by atoms with E-state index in [0.29, 0.717) is 0 Å². The maximum atomic E-state index is 6.35. The second-order valence-electron chi connectivity index (χ2n) is 11.8. The average Bonchev–Trinajstić information content (AvgIpc) is 3.63. The van der Waals surface area contributed by atoms with Gasteiger partial charge in [-0.05, 0) is 70.8 Å². The van der Waals surface area contributed by atoms with E-state index >= 15 is 0 Å². The molecule has 45 heavy (non-hydrogen) atoms. The molecule has 2 aromatic heterocycles. The van der Waals surface area contributed by atoms with Crippen molar-refractivity contribution in [3.8, 4) is 45.1 Å². The predicted octanol–water partition coefficient (Wildman–Crippen LogP) is 11.3.